The van der Waals surface area contributed by atoms with Crippen molar-refractivity contribution in [2.45, 2.75) is 22.1 Å². The molecule has 154 valence electrons. The molecule has 2 aliphatic rings. The Morgan fingerprint density at radius 2 is 1.77 bits per heavy atom. The molecule has 1 N–H and O–H groups in total. The number of alkyl halides is 2. The van der Waals surface area contributed by atoms with Crippen molar-refractivity contribution < 1.29 is 23.5 Å². The summed E-state index contributed by atoms with van der Waals surface area (Å²) in [5.74, 6) is -4.94. The lowest BCUT2D eigenvalue weighted by Gasteiger charge is -2.42. The number of allylic oxidation sites excluding steroid dienone is 3. The highest BCUT2D eigenvalue weighted by Crippen LogP contribution is 2.60. The van der Waals surface area contributed by atoms with Crippen LogP contribution in [0.2, 0.25) is 0 Å². The molecule has 2 aromatic carbocycles. The van der Waals surface area contributed by atoms with E-state index in [2.05, 4.69) is 6.58 Å². The number of phenolic OH excluding ortho intramolecular Hbond substituents is 1. The maximum atomic E-state index is 14.1. The first-order valence-electron chi connectivity index (χ1n) is 8.99. The molecule has 0 unspecified atom stereocenters. The Labute approximate surface area is 181 Å². The van der Waals surface area contributed by atoms with Gasteiger partial charge in [-0.05, 0) is 42.3 Å². The summed E-state index contributed by atoms with van der Waals surface area (Å²) in [6.07, 6.45) is 2.93. The van der Waals surface area contributed by atoms with E-state index in [-0.39, 0.29) is 17.7 Å². The lowest BCUT2D eigenvalue weighted by Crippen LogP contribution is -2.54. The van der Waals surface area contributed by atoms with E-state index in [4.69, 9.17) is 23.2 Å². The largest absolute Gasteiger partial charge is 0.505 e. The quantitative estimate of drug-likeness (QED) is 0.540. The number of benzene rings is 2. The van der Waals surface area contributed by atoms with Crippen LogP contribution in [0.5, 0.6) is 5.75 Å². The summed E-state index contributed by atoms with van der Waals surface area (Å²) in [7, 11) is 0. The van der Waals surface area contributed by atoms with Crippen LogP contribution in [0, 0.1) is 11.6 Å². The van der Waals surface area contributed by atoms with Gasteiger partial charge in [0.05, 0.1) is 5.69 Å². The Morgan fingerprint density at radius 3 is 2.40 bits per heavy atom. The first-order chi connectivity index (χ1) is 14.2. The lowest BCUT2D eigenvalue weighted by molar-refractivity contribution is -0.122. The second-order valence-electron chi connectivity index (χ2n) is 7.16. The van der Waals surface area contributed by atoms with Gasteiger partial charge in [0.1, 0.15) is 5.82 Å². The Balaban J connectivity index is 1.95. The van der Waals surface area contributed by atoms with Gasteiger partial charge in [-0.25, -0.2) is 13.7 Å². The molecule has 1 aliphatic carbocycles. The third-order valence-corrected chi connectivity index (χ3v) is 7.05. The average molecular weight is 450 g/mol. The van der Waals surface area contributed by atoms with Crippen LogP contribution in [0.3, 0.4) is 0 Å². The number of aromatic hydroxyl groups is 1. The van der Waals surface area contributed by atoms with Gasteiger partial charge in [0.25, 0.3) is 11.8 Å². The molecule has 3 atom stereocenters. The molecule has 8 heteroatoms. The van der Waals surface area contributed by atoms with Crippen molar-refractivity contribution in [3.63, 3.8) is 0 Å². The van der Waals surface area contributed by atoms with Crippen molar-refractivity contribution >= 4 is 40.7 Å². The van der Waals surface area contributed by atoms with Crippen LogP contribution in [0.4, 0.5) is 14.5 Å². The number of fused-ring (bicyclic) bond motifs is 1. The maximum absolute atomic E-state index is 14.1. The zero-order valence-corrected chi connectivity index (χ0v) is 16.9. The van der Waals surface area contributed by atoms with E-state index >= 15 is 0 Å². The van der Waals surface area contributed by atoms with Gasteiger partial charge in [0, 0.05) is 11.5 Å². The Hall–Kier alpha value is -2.70. The molecular formula is C22H15Cl2F2NO3. The molecular weight excluding hydrogens is 435 g/mol. The number of imide groups is 1. The molecule has 0 radical (unpaired) electrons. The number of amides is 2. The number of nitrogens with zero attached hydrogens (tertiary/aromatic N) is 1. The standard InChI is InChI=1S/C22H15Cl2F2NO3/c1-2-12-10-11-21(23)19(29)27(14-8-6-13(25)7-9-14)20(30)22(21,24)17(12)15-4-3-5-16(26)18(15)28/h2-10,17,28H,1,11H2/t17-,21-,22+/m1/s1. The highest BCUT2D eigenvalue weighted by atomic mass is 35.5. The van der Waals surface area contributed by atoms with Gasteiger partial charge in [-0.2, -0.15) is 0 Å². The van der Waals surface area contributed by atoms with E-state index in [1.807, 2.05) is 0 Å². The van der Waals surface area contributed by atoms with Crippen LogP contribution in [0.15, 0.2) is 66.8 Å². The highest BCUT2D eigenvalue weighted by molar-refractivity contribution is 6.58. The first kappa shape index (κ1) is 20.6. The number of carbonyl (C=O) groups is 2. The number of rotatable bonds is 3. The van der Waals surface area contributed by atoms with Crippen LogP contribution in [0.25, 0.3) is 0 Å². The summed E-state index contributed by atoms with van der Waals surface area (Å²) in [4.78, 5) is 23.7. The minimum Gasteiger partial charge on any atom is -0.505 e. The number of hydrogen-bond donors (Lipinski definition) is 1. The molecule has 1 saturated heterocycles. The fourth-order valence-electron chi connectivity index (χ4n) is 4.14. The van der Waals surface area contributed by atoms with E-state index in [1.165, 1.54) is 30.3 Å². The molecule has 1 heterocycles. The van der Waals surface area contributed by atoms with Crippen molar-refractivity contribution in [1.82, 2.24) is 0 Å². The third-order valence-electron chi connectivity index (χ3n) is 5.63. The topological polar surface area (TPSA) is 57.6 Å². The first-order valence-corrected chi connectivity index (χ1v) is 9.74. The summed E-state index contributed by atoms with van der Waals surface area (Å²) in [5, 5.41) is 10.4. The van der Waals surface area contributed by atoms with E-state index in [0.29, 0.717) is 5.57 Å². The second kappa shape index (κ2) is 6.93. The zero-order chi connectivity index (χ0) is 21.8. The Bertz CT molecular complexity index is 1120. The predicted molar refractivity (Wildman–Crippen MR) is 110 cm³/mol. The molecule has 4 rings (SSSR count). The average Bonchev–Trinajstić information content (AvgIpc) is 2.88. The number of para-hydroxylation sites is 1. The van der Waals surface area contributed by atoms with Gasteiger partial charge < -0.3 is 5.11 Å². The van der Waals surface area contributed by atoms with Crippen molar-refractivity contribution in [3.05, 3.63) is 84.0 Å². The molecule has 30 heavy (non-hydrogen) atoms. The number of hydrogen-bond acceptors (Lipinski definition) is 3. The molecule has 2 amide bonds. The second-order valence-corrected chi connectivity index (χ2v) is 8.40. The van der Waals surface area contributed by atoms with E-state index in [9.17, 15) is 23.5 Å². The monoisotopic (exact) mass is 449 g/mol. The van der Waals surface area contributed by atoms with Gasteiger partial charge in [0.15, 0.2) is 21.3 Å². The van der Waals surface area contributed by atoms with Crippen LogP contribution in [-0.4, -0.2) is 26.7 Å². The van der Waals surface area contributed by atoms with E-state index < -0.39 is 44.9 Å². The molecule has 1 fully saturated rings. The highest BCUT2D eigenvalue weighted by Gasteiger charge is 2.73. The fraction of sp³-hybridized carbons (Fsp3) is 0.182. The maximum Gasteiger partial charge on any atom is 0.258 e. The van der Waals surface area contributed by atoms with Crippen LogP contribution >= 0.6 is 23.2 Å². The Morgan fingerprint density at radius 1 is 1.10 bits per heavy atom. The van der Waals surface area contributed by atoms with Crippen LogP contribution in [-0.2, 0) is 9.59 Å². The van der Waals surface area contributed by atoms with Crippen LogP contribution < -0.4 is 4.90 Å². The third kappa shape index (κ3) is 2.57. The van der Waals surface area contributed by atoms with Gasteiger partial charge in [-0.15, -0.1) is 23.2 Å². The van der Waals surface area contributed by atoms with Crippen molar-refractivity contribution in [3.8, 4) is 5.75 Å². The summed E-state index contributed by atoms with van der Waals surface area (Å²) in [6, 6.07) is 8.55. The number of carbonyl (C=O) groups excluding carboxylic acids is 2. The normalized spacial score (nSPS) is 28.3. The van der Waals surface area contributed by atoms with Crippen molar-refractivity contribution in [1.29, 1.82) is 0 Å². The van der Waals surface area contributed by atoms with Gasteiger partial charge >= 0.3 is 0 Å². The molecule has 0 spiro atoms. The van der Waals surface area contributed by atoms with Gasteiger partial charge in [-0.3, -0.25) is 9.59 Å². The molecule has 0 bridgehead atoms. The molecule has 4 nitrogen and oxygen atoms in total. The van der Waals surface area contributed by atoms with E-state index in [1.54, 1.807) is 6.08 Å². The lowest BCUT2D eigenvalue weighted by atomic mass is 9.68. The number of phenols is 1. The SMILES string of the molecule is C=CC1=CC[C@@]2(Cl)C(=O)N(c3ccc(F)cc3)C(=O)[C@@]2(Cl)[C@H]1c1cccc(F)c1O. The molecule has 1 aliphatic heterocycles. The van der Waals surface area contributed by atoms with Gasteiger partial charge in [-0.1, -0.05) is 30.9 Å². The Kier molecular flexibility index (Phi) is 4.75. The smallest absolute Gasteiger partial charge is 0.258 e. The summed E-state index contributed by atoms with van der Waals surface area (Å²) < 4.78 is 27.5. The minimum atomic E-state index is -2.08. The number of anilines is 1. The minimum absolute atomic E-state index is 0.00276. The van der Waals surface area contributed by atoms with Crippen LogP contribution in [0.1, 0.15) is 17.9 Å². The summed E-state index contributed by atoms with van der Waals surface area (Å²) in [5.41, 5.74) is 0.524. The zero-order valence-electron chi connectivity index (χ0n) is 15.4. The van der Waals surface area contributed by atoms with Gasteiger partial charge in [0.2, 0.25) is 0 Å². The van der Waals surface area contributed by atoms with Crippen molar-refractivity contribution in [2.75, 3.05) is 4.90 Å². The van der Waals surface area contributed by atoms with Crippen molar-refractivity contribution in [2.24, 2.45) is 0 Å². The number of halogens is 4. The summed E-state index contributed by atoms with van der Waals surface area (Å²) in [6.45, 7) is 3.71. The summed E-state index contributed by atoms with van der Waals surface area (Å²) >= 11 is 13.6. The molecule has 2 aromatic rings. The predicted octanol–water partition coefficient (Wildman–Crippen LogP) is 4.80. The molecule has 0 saturated carbocycles. The molecule has 0 aromatic heterocycles. The van der Waals surface area contributed by atoms with E-state index in [0.717, 1.165) is 23.1 Å². The fourth-order valence-corrected chi connectivity index (χ4v) is 4.97.